The summed E-state index contributed by atoms with van der Waals surface area (Å²) in [5.74, 6) is 1.08. The van der Waals surface area contributed by atoms with Crippen LogP contribution in [0.25, 0.3) is 16.8 Å². The smallest absolute Gasteiger partial charge is 0.256 e. The highest BCUT2D eigenvalue weighted by Gasteiger charge is 2.35. The Morgan fingerprint density at radius 2 is 1.97 bits per heavy atom. The number of rotatable bonds is 8. The van der Waals surface area contributed by atoms with Gasteiger partial charge in [0.1, 0.15) is 28.7 Å². The van der Waals surface area contributed by atoms with Crippen LogP contribution < -0.4 is 11.1 Å². The molecule has 1 aromatic carbocycles. The lowest BCUT2D eigenvalue weighted by molar-refractivity contribution is 0.102. The summed E-state index contributed by atoms with van der Waals surface area (Å²) in [7, 11) is -3.65. The van der Waals surface area contributed by atoms with Gasteiger partial charge in [0.2, 0.25) is 10.0 Å². The normalized spacial score (nSPS) is 16.3. The fraction of sp³-hybridized carbons (Fsp3) is 0.286. The maximum Gasteiger partial charge on any atom is 0.256 e. The molecule has 1 aliphatic heterocycles. The van der Waals surface area contributed by atoms with Gasteiger partial charge < -0.3 is 11.1 Å². The largest absolute Gasteiger partial charge is 0.382 e. The average molecular weight is 546 g/mol. The molecule has 1 aliphatic rings. The summed E-state index contributed by atoms with van der Waals surface area (Å²) >= 11 is 0. The van der Waals surface area contributed by atoms with E-state index in [2.05, 4.69) is 28.8 Å². The van der Waals surface area contributed by atoms with Crippen molar-refractivity contribution in [2.45, 2.75) is 45.1 Å². The number of aromatic nitrogens is 4. The molecule has 0 radical (unpaired) electrons. The number of benzene rings is 1. The Kier molecular flexibility index (Phi) is 7.45. The molecule has 39 heavy (non-hydrogen) atoms. The second-order valence-electron chi connectivity index (χ2n) is 9.51. The lowest BCUT2D eigenvalue weighted by Gasteiger charge is -2.32. The molecule has 202 valence electrons. The number of amides is 1. The third-order valence-corrected chi connectivity index (χ3v) is 8.44. The molecule has 3 N–H and O–H groups in total. The first-order valence-electron chi connectivity index (χ1n) is 13.0. The Balaban J connectivity index is 1.48. The molecular formula is C28H31N7O3S. The van der Waals surface area contributed by atoms with Crippen LogP contribution in [-0.2, 0) is 16.4 Å². The van der Waals surface area contributed by atoms with Crippen molar-refractivity contribution in [2.24, 2.45) is 0 Å². The van der Waals surface area contributed by atoms with Crippen LogP contribution in [0.4, 0.5) is 11.6 Å². The summed E-state index contributed by atoms with van der Waals surface area (Å²) in [6, 6.07) is 10.4. The SMILES string of the molecule is C=CS(=O)(=O)N1CCCCC1c1nc(-c2ccc(C(=O)Nc3cc(CCC)ccn3)cc2)c2c(N)nccn12. The first-order chi connectivity index (χ1) is 18.8. The summed E-state index contributed by atoms with van der Waals surface area (Å²) in [5, 5.41) is 3.84. The number of carbonyl (C=O) groups is 1. The standard InChI is InChI=1S/C28H31N7O3S/c1-3-7-19-13-14-30-23(18-19)32-28(36)21-11-9-20(10-12-21)24-25-26(29)31-15-17-34(25)27(33-24)22-8-5-6-16-35(22)39(37,38)4-2/h4,9-15,17-18,22H,2-3,5-8,16H2,1H3,(H2,29,31)(H,30,32,36). The van der Waals surface area contributed by atoms with E-state index in [-0.39, 0.29) is 11.7 Å². The zero-order chi connectivity index (χ0) is 27.6. The number of hydrogen-bond acceptors (Lipinski definition) is 7. The predicted molar refractivity (Wildman–Crippen MR) is 151 cm³/mol. The molecule has 1 saturated heterocycles. The second kappa shape index (κ2) is 11.0. The maximum atomic E-state index is 12.9. The molecule has 3 aromatic heterocycles. The number of nitrogens with one attached hydrogen (secondary N) is 1. The first-order valence-corrected chi connectivity index (χ1v) is 14.5. The molecule has 11 heteroatoms. The third kappa shape index (κ3) is 5.27. The van der Waals surface area contributed by atoms with E-state index in [1.165, 1.54) is 4.31 Å². The van der Waals surface area contributed by atoms with Gasteiger partial charge in [-0.3, -0.25) is 9.20 Å². The van der Waals surface area contributed by atoms with Crippen molar-refractivity contribution in [3.8, 4) is 11.3 Å². The molecule has 4 aromatic rings. The van der Waals surface area contributed by atoms with Crippen LogP contribution in [0.1, 0.15) is 60.4 Å². The van der Waals surface area contributed by atoms with Crippen molar-refractivity contribution in [1.29, 1.82) is 0 Å². The number of hydrogen-bond donors (Lipinski definition) is 2. The molecule has 1 fully saturated rings. The summed E-state index contributed by atoms with van der Waals surface area (Å²) < 4.78 is 28.9. The van der Waals surface area contributed by atoms with Crippen molar-refractivity contribution < 1.29 is 13.2 Å². The van der Waals surface area contributed by atoms with Gasteiger partial charge in [-0.25, -0.2) is 23.4 Å². The number of aryl methyl sites for hydroxylation is 1. The summed E-state index contributed by atoms with van der Waals surface area (Å²) in [6.07, 6.45) is 9.19. The zero-order valence-electron chi connectivity index (χ0n) is 21.7. The maximum absolute atomic E-state index is 12.9. The van der Waals surface area contributed by atoms with Crippen molar-refractivity contribution in [2.75, 3.05) is 17.6 Å². The summed E-state index contributed by atoms with van der Waals surface area (Å²) in [5.41, 5.74) is 9.75. The summed E-state index contributed by atoms with van der Waals surface area (Å²) in [6.45, 7) is 6.00. The van der Waals surface area contributed by atoms with Crippen LogP contribution in [-0.4, -0.2) is 44.5 Å². The molecule has 1 atom stereocenters. The quantitative estimate of drug-likeness (QED) is 0.331. The van der Waals surface area contributed by atoms with Gasteiger partial charge in [0.05, 0.1) is 6.04 Å². The highest BCUT2D eigenvalue weighted by molar-refractivity contribution is 7.92. The third-order valence-electron chi connectivity index (χ3n) is 6.92. The average Bonchev–Trinajstić information content (AvgIpc) is 3.34. The van der Waals surface area contributed by atoms with Gasteiger partial charge in [-0.05, 0) is 49.1 Å². The molecule has 0 aliphatic carbocycles. The number of nitrogen functional groups attached to an aromatic ring is 1. The van der Waals surface area contributed by atoms with E-state index in [0.29, 0.717) is 41.4 Å². The first kappa shape index (κ1) is 26.5. The number of piperidine rings is 1. The molecule has 0 spiro atoms. The number of pyridine rings is 1. The highest BCUT2D eigenvalue weighted by atomic mass is 32.2. The van der Waals surface area contributed by atoms with E-state index in [1.54, 1.807) is 42.9 Å². The van der Waals surface area contributed by atoms with E-state index < -0.39 is 16.1 Å². The number of sulfonamides is 1. The lowest BCUT2D eigenvalue weighted by Crippen LogP contribution is -2.38. The van der Waals surface area contributed by atoms with Crippen LogP contribution in [0.5, 0.6) is 0 Å². The van der Waals surface area contributed by atoms with Crippen molar-refractivity contribution in [3.05, 3.63) is 83.9 Å². The number of anilines is 2. The van der Waals surface area contributed by atoms with Gasteiger partial charge in [0.25, 0.3) is 5.91 Å². The molecule has 1 unspecified atom stereocenters. The molecule has 5 rings (SSSR count). The number of imidazole rings is 1. The molecule has 0 saturated carbocycles. The minimum Gasteiger partial charge on any atom is -0.382 e. The number of nitrogens with two attached hydrogens (primary N) is 1. The Hall–Kier alpha value is -4.09. The molecular weight excluding hydrogens is 514 g/mol. The number of carbonyl (C=O) groups excluding carboxylic acids is 1. The Labute approximate surface area is 227 Å². The summed E-state index contributed by atoms with van der Waals surface area (Å²) in [4.78, 5) is 26.3. The lowest BCUT2D eigenvalue weighted by atomic mass is 10.0. The molecule has 4 heterocycles. The van der Waals surface area contributed by atoms with Gasteiger partial charge in [0, 0.05) is 41.7 Å². The monoisotopic (exact) mass is 545 g/mol. The van der Waals surface area contributed by atoms with Crippen molar-refractivity contribution in [1.82, 2.24) is 23.7 Å². The van der Waals surface area contributed by atoms with Gasteiger partial charge in [-0.1, -0.05) is 38.5 Å². The van der Waals surface area contributed by atoms with Crippen molar-refractivity contribution >= 4 is 33.1 Å². The molecule has 0 bridgehead atoms. The van der Waals surface area contributed by atoms with Crippen LogP contribution in [0.3, 0.4) is 0 Å². The minimum atomic E-state index is -3.65. The fourth-order valence-electron chi connectivity index (χ4n) is 5.04. The van der Waals surface area contributed by atoms with Gasteiger partial charge in [-0.15, -0.1) is 0 Å². The van der Waals surface area contributed by atoms with Crippen molar-refractivity contribution in [3.63, 3.8) is 0 Å². The van der Waals surface area contributed by atoms with Crippen LogP contribution in [0.15, 0.2) is 67.0 Å². The van der Waals surface area contributed by atoms with Gasteiger partial charge >= 0.3 is 0 Å². The predicted octanol–water partition coefficient (Wildman–Crippen LogP) is 4.58. The Bertz CT molecular complexity index is 1630. The highest BCUT2D eigenvalue weighted by Crippen LogP contribution is 2.37. The zero-order valence-corrected chi connectivity index (χ0v) is 22.6. The topological polar surface area (TPSA) is 136 Å². The van der Waals surface area contributed by atoms with Gasteiger partial charge in [0.15, 0.2) is 0 Å². The van der Waals surface area contributed by atoms with Crippen LogP contribution in [0, 0.1) is 0 Å². The minimum absolute atomic E-state index is 0.272. The van der Waals surface area contributed by atoms with E-state index in [4.69, 9.17) is 10.7 Å². The van der Waals surface area contributed by atoms with Crippen LogP contribution >= 0.6 is 0 Å². The second-order valence-corrected chi connectivity index (χ2v) is 11.3. The van der Waals surface area contributed by atoms with E-state index in [1.807, 2.05) is 16.5 Å². The number of fused-ring (bicyclic) bond motifs is 1. The Morgan fingerprint density at radius 1 is 1.18 bits per heavy atom. The molecule has 1 amide bonds. The Morgan fingerprint density at radius 3 is 2.72 bits per heavy atom. The van der Waals surface area contributed by atoms with E-state index >= 15 is 0 Å². The van der Waals surface area contributed by atoms with Gasteiger partial charge in [-0.2, -0.15) is 4.31 Å². The number of nitrogens with zero attached hydrogens (tertiary/aromatic N) is 5. The van der Waals surface area contributed by atoms with E-state index in [0.717, 1.165) is 42.2 Å². The fourth-order valence-corrected chi connectivity index (χ4v) is 6.17. The van der Waals surface area contributed by atoms with Crippen LogP contribution in [0.2, 0.25) is 0 Å². The van der Waals surface area contributed by atoms with E-state index in [9.17, 15) is 13.2 Å². The molecule has 10 nitrogen and oxygen atoms in total.